The van der Waals surface area contributed by atoms with E-state index in [1.54, 1.807) is 47.5 Å². The van der Waals surface area contributed by atoms with E-state index in [4.69, 9.17) is 0 Å². The number of carbonyl (C=O) groups is 1. The van der Waals surface area contributed by atoms with Gasteiger partial charge in [0.1, 0.15) is 5.82 Å². The van der Waals surface area contributed by atoms with Crippen LogP contribution < -0.4 is 4.90 Å². The molecule has 130 valence electrons. The van der Waals surface area contributed by atoms with Gasteiger partial charge in [0.25, 0.3) is 5.69 Å². The van der Waals surface area contributed by atoms with Crippen molar-refractivity contribution in [3.8, 4) is 0 Å². The molecule has 0 aliphatic carbocycles. The third-order valence-corrected chi connectivity index (χ3v) is 3.94. The molecule has 3 aromatic rings. The zero-order valence-corrected chi connectivity index (χ0v) is 14.0. The van der Waals surface area contributed by atoms with Gasteiger partial charge in [-0.25, -0.2) is 4.98 Å². The molecular weight excluding hydrogens is 330 g/mol. The van der Waals surface area contributed by atoms with E-state index < -0.39 is 4.92 Å². The Labute approximate surface area is 150 Å². The van der Waals surface area contributed by atoms with Gasteiger partial charge in [-0.15, -0.1) is 0 Å². The van der Waals surface area contributed by atoms with Crippen LogP contribution in [0.1, 0.15) is 11.1 Å². The monoisotopic (exact) mass is 347 g/mol. The summed E-state index contributed by atoms with van der Waals surface area (Å²) in [6, 6.07) is 21.2. The Morgan fingerprint density at radius 3 is 2.35 bits per heavy atom. The van der Waals surface area contributed by atoms with Crippen molar-refractivity contribution in [2.24, 2.45) is 0 Å². The number of hydrogen-bond acceptors (Lipinski definition) is 4. The van der Waals surface area contributed by atoms with Crippen molar-refractivity contribution >= 4 is 17.4 Å². The molecule has 2 aromatic carbocycles. The zero-order valence-electron chi connectivity index (χ0n) is 14.0. The summed E-state index contributed by atoms with van der Waals surface area (Å²) in [5.41, 5.74) is 1.28. The first-order chi connectivity index (χ1) is 12.6. The highest BCUT2D eigenvalue weighted by Gasteiger charge is 2.21. The van der Waals surface area contributed by atoms with Crippen LogP contribution in [0.5, 0.6) is 0 Å². The molecular formula is C20H17N3O3. The number of aromatic nitrogens is 1. The average molecular weight is 347 g/mol. The van der Waals surface area contributed by atoms with Gasteiger partial charge in [0.05, 0.1) is 17.9 Å². The minimum Gasteiger partial charge on any atom is -0.292 e. The molecule has 0 atom stereocenters. The van der Waals surface area contributed by atoms with Crippen molar-refractivity contribution in [2.45, 2.75) is 13.0 Å². The molecule has 6 heteroatoms. The lowest BCUT2D eigenvalue weighted by Crippen LogP contribution is -2.32. The summed E-state index contributed by atoms with van der Waals surface area (Å²) in [7, 11) is 0. The van der Waals surface area contributed by atoms with E-state index in [1.807, 2.05) is 30.3 Å². The second-order valence-electron chi connectivity index (χ2n) is 5.72. The Kier molecular flexibility index (Phi) is 5.34. The smallest absolute Gasteiger partial charge is 0.273 e. The van der Waals surface area contributed by atoms with Gasteiger partial charge in [0.2, 0.25) is 5.91 Å². The SMILES string of the molecule is O=C(Cc1ccccc1[N+](=O)[O-])N(Cc1ccccc1)c1ccccn1. The molecule has 0 unspecified atom stereocenters. The molecule has 1 amide bonds. The number of carbonyl (C=O) groups excluding carboxylic acids is 1. The molecule has 0 radical (unpaired) electrons. The van der Waals surface area contributed by atoms with E-state index in [1.165, 1.54) is 6.07 Å². The highest BCUT2D eigenvalue weighted by Crippen LogP contribution is 2.21. The lowest BCUT2D eigenvalue weighted by molar-refractivity contribution is -0.385. The van der Waals surface area contributed by atoms with Gasteiger partial charge >= 0.3 is 0 Å². The van der Waals surface area contributed by atoms with Crippen LogP contribution in [0.4, 0.5) is 11.5 Å². The molecule has 0 saturated heterocycles. The van der Waals surface area contributed by atoms with Gasteiger partial charge in [-0.2, -0.15) is 0 Å². The normalized spacial score (nSPS) is 10.3. The predicted molar refractivity (Wildman–Crippen MR) is 98.7 cm³/mol. The first-order valence-corrected chi connectivity index (χ1v) is 8.13. The minimum atomic E-state index is -0.467. The topological polar surface area (TPSA) is 76.3 Å². The molecule has 0 aliphatic heterocycles. The number of para-hydroxylation sites is 1. The van der Waals surface area contributed by atoms with Crippen LogP contribution in [-0.2, 0) is 17.8 Å². The number of nitro benzene ring substituents is 1. The van der Waals surface area contributed by atoms with Gasteiger partial charge in [-0.3, -0.25) is 19.8 Å². The standard InChI is InChI=1S/C20H17N3O3/c24-20(14-17-10-4-5-11-18(17)23(25)26)22(19-12-6-7-13-21-19)15-16-8-2-1-3-9-16/h1-13H,14-15H2. The maximum absolute atomic E-state index is 13.0. The van der Waals surface area contributed by atoms with Crippen LogP contribution in [0, 0.1) is 10.1 Å². The van der Waals surface area contributed by atoms with Crippen LogP contribution in [0.25, 0.3) is 0 Å². The third-order valence-electron chi connectivity index (χ3n) is 3.94. The zero-order chi connectivity index (χ0) is 18.4. The fourth-order valence-electron chi connectivity index (χ4n) is 2.67. The number of hydrogen-bond donors (Lipinski definition) is 0. The van der Waals surface area contributed by atoms with E-state index in [2.05, 4.69) is 4.98 Å². The molecule has 0 saturated carbocycles. The molecule has 0 fully saturated rings. The molecule has 0 spiro atoms. The van der Waals surface area contributed by atoms with Gasteiger partial charge in [0, 0.05) is 17.8 Å². The largest absolute Gasteiger partial charge is 0.292 e. The molecule has 1 aromatic heterocycles. The number of nitro groups is 1. The Morgan fingerprint density at radius 2 is 1.65 bits per heavy atom. The summed E-state index contributed by atoms with van der Waals surface area (Å²) in [4.78, 5) is 29.5. The van der Waals surface area contributed by atoms with Crippen molar-refractivity contribution in [2.75, 3.05) is 4.90 Å². The molecule has 26 heavy (non-hydrogen) atoms. The van der Waals surface area contributed by atoms with E-state index in [9.17, 15) is 14.9 Å². The second-order valence-corrected chi connectivity index (χ2v) is 5.72. The van der Waals surface area contributed by atoms with Gasteiger partial charge < -0.3 is 0 Å². The number of anilines is 1. The first-order valence-electron chi connectivity index (χ1n) is 8.13. The van der Waals surface area contributed by atoms with Gasteiger partial charge in [-0.05, 0) is 17.7 Å². The van der Waals surface area contributed by atoms with E-state index in [0.717, 1.165) is 5.56 Å². The molecule has 0 aliphatic rings. The van der Waals surface area contributed by atoms with E-state index >= 15 is 0 Å². The van der Waals surface area contributed by atoms with Crippen molar-refractivity contribution in [1.29, 1.82) is 0 Å². The van der Waals surface area contributed by atoms with E-state index in [-0.39, 0.29) is 18.0 Å². The summed E-state index contributed by atoms with van der Waals surface area (Å²) in [6.45, 7) is 0.345. The highest BCUT2D eigenvalue weighted by atomic mass is 16.6. The number of rotatable bonds is 6. The molecule has 1 heterocycles. The molecule has 6 nitrogen and oxygen atoms in total. The third kappa shape index (κ3) is 4.10. The number of pyridine rings is 1. The van der Waals surface area contributed by atoms with Crippen molar-refractivity contribution in [3.63, 3.8) is 0 Å². The van der Waals surface area contributed by atoms with Crippen molar-refractivity contribution < 1.29 is 9.72 Å². The second kappa shape index (κ2) is 8.02. The fourth-order valence-corrected chi connectivity index (χ4v) is 2.67. The Balaban J connectivity index is 1.89. The van der Waals surface area contributed by atoms with Crippen LogP contribution in [0.3, 0.4) is 0 Å². The maximum Gasteiger partial charge on any atom is 0.273 e. The summed E-state index contributed by atoms with van der Waals surface area (Å²) in [5, 5.41) is 11.2. The molecule has 0 N–H and O–H groups in total. The maximum atomic E-state index is 13.0. The van der Waals surface area contributed by atoms with Crippen molar-refractivity contribution in [3.05, 3.63) is 100 Å². The quantitative estimate of drug-likeness (QED) is 0.502. The number of amides is 1. The summed E-state index contributed by atoms with van der Waals surface area (Å²) >= 11 is 0. The predicted octanol–water partition coefficient (Wildman–Crippen LogP) is 3.77. The van der Waals surface area contributed by atoms with E-state index in [0.29, 0.717) is 17.9 Å². The van der Waals surface area contributed by atoms with Crippen LogP contribution in [-0.4, -0.2) is 15.8 Å². The highest BCUT2D eigenvalue weighted by molar-refractivity contribution is 5.94. The number of nitrogens with zero attached hydrogens (tertiary/aromatic N) is 3. The minimum absolute atomic E-state index is 0.0541. The summed E-state index contributed by atoms with van der Waals surface area (Å²) < 4.78 is 0. The van der Waals surface area contributed by atoms with Gasteiger partial charge in [-0.1, -0.05) is 54.6 Å². The Hall–Kier alpha value is -3.54. The van der Waals surface area contributed by atoms with Crippen LogP contribution in [0.15, 0.2) is 79.0 Å². The molecule has 3 rings (SSSR count). The first kappa shape index (κ1) is 17.3. The summed E-state index contributed by atoms with van der Waals surface area (Å²) in [5.74, 6) is 0.266. The molecule has 0 bridgehead atoms. The summed E-state index contributed by atoms with van der Waals surface area (Å²) in [6.07, 6.45) is 1.55. The lowest BCUT2D eigenvalue weighted by Gasteiger charge is -2.22. The van der Waals surface area contributed by atoms with Crippen LogP contribution in [0.2, 0.25) is 0 Å². The number of benzene rings is 2. The Morgan fingerprint density at radius 1 is 0.962 bits per heavy atom. The van der Waals surface area contributed by atoms with Gasteiger partial charge in [0.15, 0.2) is 0 Å². The lowest BCUT2D eigenvalue weighted by atomic mass is 10.1. The van der Waals surface area contributed by atoms with Crippen LogP contribution >= 0.6 is 0 Å². The van der Waals surface area contributed by atoms with Crippen molar-refractivity contribution in [1.82, 2.24) is 4.98 Å². The Bertz CT molecular complexity index is 898. The average Bonchev–Trinajstić information content (AvgIpc) is 2.68. The fraction of sp³-hybridized carbons (Fsp3) is 0.100.